The van der Waals surface area contributed by atoms with Crippen LogP contribution in [-0.2, 0) is 17.7 Å². The Hall–Kier alpha value is -1.46. The summed E-state index contributed by atoms with van der Waals surface area (Å²) in [6.07, 6.45) is 5.74. The van der Waals surface area contributed by atoms with E-state index < -0.39 is 0 Å². The summed E-state index contributed by atoms with van der Waals surface area (Å²) in [4.78, 5) is 9.18. The largest absolute Gasteiger partial charge is 0.396 e. The molecule has 1 aliphatic rings. The summed E-state index contributed by atoms with van der Waals surface area (Å²) in [5, 5.41) is 9.08. The molecular formula is C15H21N3O2. The van der Waals surface area contributed by atoms with Crippen LogP contribution >= 0.6 is 0 Å². The lowest BCUT2D eigenvalue weighted by Crippen LogP contribution is -2.19. The van der Waals surface area contributed by atoms with Crippen LogP contribution in [0.15, 0.2) is 18.3 Å². The van der Waals surface area contributed by atoms with Gasteiger partial charge >= 0.3 is 0 Å². The van der Waals surface area contributed by atoms with Gasteiger partial charge in [-0.3, -0.25) is 0 Å². The highest BCUT2D eigenvalue weighted by Crippen LogP contribution is 2.22. The molecule has 1 N–H and O–H groups in total. The monoisotopic (exact) mass is 275 g/mol. The van der Waals surface area contributed by atoms with E-state index in [2.05, 4.69) is 9.55 Å². The molecule has 1 aliphatic heterocycles. The number of fused-ring (bicyclic) bond motifs is 1. The smallest absolute Gasteiger partial charge is 0.159 e. The van der Waals surface area contributed by atoms with Crippen LogP contribution in [-0.4, -0.2) is 39.5 Å². The minimum absolute atomic E-state index is 0.198. The van der Waals surface area contributed by atoms with Crippen molar-refractivity contribution in [2.24, 2.45) is 5.92 Å². The zero-order chi connectivity index (χ0) is 13.8. The van der Waals surface area contributed by atoms with Crippen molar-refractivity contribution in [1.29, 1.82) is 0 Å². The second-order valence-corrected chi connectivity index (χ2v) is 5.36. The van der Waals surface area contributed by atoms with Crippen molar-refractivity contribution in [3.8, 4) is 0 Å². The van der Waals surface area contributed by atoms with E-state index in [0.717, 1.165) is 62.4 Å². The molecule has 5 nitrogen and oxygen atoms in total. The predicted octanol–water partition coefficient (Wildman–Crippen LogP) is 1.78. The maximum absolute atomic E-state index is 9.08. The molecular weight excluding hydrogens is 254 g/mol. The first-order chi connectivity index (χ1) is 9.88. The van der Waals surface area contributed by atoms with Crippen LogP contribution in [0, 0.1) is 5.92 Å². The number of aromatic nitrogens is 3. The summed E-state index contributed by atoms with van der Waals surface area (Å²) in [6, 6.07) is 3.93. The lowest BCUT2D eigenvalue weighted by atomic mass is 9.96. The van der Waals surface area contributed by atoms with Crippen LogP contribution in [0.2, 0.25) is 0 Å². The third-order valence-corrected chi connectivity index (χ3v) is 3.93. The minimum Gasteiger partial charge on any atom is -0.396 e. The zero-order valence-corrected chi connectivity index (χ0v) is 11.7. The molecule has 0 saturated carbocycles. The molecule has 108 valence electrons. The maximum atomic E-state index is 9.08. The SMILES string of the molecule is OCCCn1c(CC2CCOCC2)nc2cccnc21. The Kier molecular flexibility index (Phi) is 4.28. The minimum atomic E-state index is 0.198. The van der Waals surface area contributed by atoms with Gasteiger partial charge in [0.2, 0.25) is 0 Å². The number of hydrogen-bond donors (Lipinski definition) is 1. The first kappa shape index (κ1) is 13.5. The highest BCUT2D eigenvalue weighted by molar-refractivity contribution is 5.71. The van der Waals surface area contributed by atoms with Gasteiger partial charge < -0.3 is 14.4 Å². The quantitative estimate of drug-likeness (QED) is 0.903. The molecule has 3 heterocycles. The number of pyridine rings is 1. The van der Waals surface area contributed by atoms with Crippen molar-refractivity contribution in [1.82, 2.24) is 14.5 Å². The van der Waals surface area contributed by atoms with Crippen molar-refractivity contribution in [2.75, 3.05) is 19.8 Å². The van der Waals surface area contributed by atoms with Crippen LogP contribution < -0.4 is 0 Å². The molecule has 0 amide bonds. The second kappa shape index (κ2) is 6.33. The van der Waals surface area contributed by atoms with Crippen molar-refractivity contribution in [2.45, 2.75) is 32.2 Å². The third kappa shape index (κ3) is 2.83. The zero-order valence-electron chi connectivity index (χ0n) is 11.7. The van der Waals surface area contributed by atoms with Gasteiger partial charge in [-0.05, 0) is 37.3 Å². The molecule has 0 radical (unpaired) electrons. The summed E-state index contributed by atoms with van der Waals surface area (Å²) in [6.45, 7) is 2.70. The average Bonchev–Trinajstić information content (AvgIpc) is 2.83. The lowest BCUT2D eigenvalue weighted by Gasteiger charge is -2.21. The Bertz CT molecular complexity index is 561. The van der Waals surface area contributed by atoms with E-state index in [0.29, 0.717) is 5.92 Å². The van der Waals surface area contributed by atoms with Gasteiger partial charge in [0.15, 0.2) is 5.65 Å². The number of rotatable bonds is 5. The van der Waals surface area contributed by atoms with E-state index in [4.69, 9.17) is 14.8 Å². The summed E-state index contributed by atoms with van der Waals surface area (Å²) in [7, 11) is 0. The number of imidazole rings is 1. The Morgan fingerprint density at radius 3 is 3.00 bits per heavy atom. The first-order valence-electron chi connectivity index (χ1n) is 7.37. The third-order valence-electron chi connectivity index (χ3n) is 3.93. The fraction of sp³-hybridized carbons (Fsp3) is 0.600. The van der Waals surface area contributed by atoms with Gasteiger partial charge in [0.05, 0.1) is 0 Å². The van der Waals surface area contributed by atoms with Gasteiger partial charge in [0.25, 0.3) is 0 Å². The molecule has 0 aliphatic carbocycles. The topological polar surface area (TPSA) is 60.2 Å². The number of nitrogens with zero attached hydrogens (tertiary/aromatic N) is 3. The van der Waals surface area contributed by atoms with E-state index in [-0.39, 0.29) is 6.61 Å². The number of aliphatic hydroxyl groups is 1. The van der Waals surface area contributed by atoms with E-state index in [1.54, 1.807) is 6.20 Å². The Morgan fingerprint density at radius 1 is 1.35 bits per heavy atom. The van der Waals surface area contributed by atoms with Crippen LogP contribution in [0.25, 0.3) is 11.2 Å². The van der Waals surface area contributed by atoms with Crippen molar-refractivity contribution >= 4 is 11.2 Å². The summed E-state index contributed by atoms with van der Waals surface area (Å²) >= 11 is 0. The molecule has 3 rings (SSSR count). The molecule has 1 fully saturated rings. The van der Waals surface area contributed by atoms with Gasteiger partial charge in [0, 0.05) is 39.0 Å². The Morgan fingerprint density at radius 2 is 2.20 bits per heavy atom. The molecule has 0 atom stereocenters. The molecule has 2 aromatic heterocycles. The van der Waals surface area contributed by atoms with Gasteiger partial charge in [-0.2, -0.15) is 0 Å². The van der Waals surface area contributed by atoms with Crippen molar-refractivity contribution in [3.63, 3.8) is 0 Å². The van der Waals surface area contributed by atoms with E-state index in [1.165, 1.54) is 0 Å². The normalized spacial score (nSPS) is 16.9. The van der Waals surface area contributed by atoms with Gasteiger partial charge in [-0.1, -0.05) is 0 Å². The molecule has 0 unspecified atom stereocenters. The van der Waals surface area contributed by atoms with E-state index in [9.17, 15) is 0 Å². The fourth-order valence-electron chi connectivity index (χ4n) is 2.83. The lowest BCUT2D eigenvalue weighted by molar-refractivity contribution is 0.0657. The summed E-state index contributed by atoms with van der Waals surface area (Å²) < 4.78 is 7.59. The van der Waals surface area contributed by atoms with Crippen LogP contribution in [0.5, 0.6) is 0 Å². The van der Waals surface area contributed by atoms with Gasteiger partial charge in [-0.25, -0.2) is 9.97 Å². The van der Waals surface area contributed by atoms with E-state index >= 15 is 0 Å². The van der Waals surface area contributed by atoms with Crippen LogP contribution in [0.3, 0.4) is 0 Å². The number of ether oxygens (including phenoxy) is 1. The molecule has 5 heteroatoms. The molecule has 0 spiro atoms. The van der Waals surface area contributed by atoms with E-state index in [1.807, 2.05) is 12.1 Å². The number of hydrogen-bond acceptors (Lipinski definition) is 4. The highest BCUT2D eigenvalue weighted by Gasteiger charge is 2.19. The second-order valence-electron chi connectivity index (χ2n) is 5.36. The Labute approximate surface area is 118 Å². The molecule has 1 saturated heterocycles. The first-order valence-corrected chi connectivity index (χ1v) is 7.37. The van der Waals surface area contributed by atoms with Crippen molar-refractivity contribution in [3.05, 3.63) is 24.2 Å². The average molecular weight is 275 g/mol. The van der Waals surface area contributed by atoms with Crippen molar-refractivity contribution < 1.29 is 9.84 Å². The van der Waals surface area contributed by atoms with Gasteiger partial charge in [0.1, 0.15) is 11.3 Å². The number of aliphatic hydroxyl groups excluding tert-OH is 1. The fourth-order valence-corrected chi connectivity index (χ4v) is 2.83. The van der Waals surface area contributed by atoms with Crippen LogP contribution in [0.4, 0.5) is 0 Å². The summed E-state index contributed by atoms with van der Waals surface area (Å²) in [5.74, 6) is 1.74. The maximum Gasteiger partial charge on any atom is 0.159 e. The van der Waals surface area contributed by atoms with Crippen LogP contribution in [0.1, 0.15) is 25.1 Å². The molecule has 2 aromatic rings. The predicted molar refractivity (Wildman–Crippen MR) is 76.5 cm³/mol. The summed E-state index contributed by atoms with van der Waals surface area (Å²) in [5.41, 5.74) is 1.88. The molecule has 0 aromatic carbocycles. The standard InChI is InChI=1S/C15H21N3O2/c19-8-2-7-18-14(11-12-4-9-20-10-5-12)17-13-3-1-6-16-15(13)18/h1,3,6,12,19H,2,4-5,7-11H2. The highest BCUT2D eigenvalue weighted by atomic mass is 16.5. The number of aryl methyl sites for hydroxylation is 1. The van der Waals surface area contributed by atoms with Gasteiger partial charge in [-0.15, -0.1) is 0 Å². The Balaban J connectivity index is 1.87. The molecule has 0 bridgehead atoms. The molecule has 20 heavy (non-hydrogen) atoms.